The van der Waals surface area contributed by atoms with Crippen LogP contribution in [0, 0.1) is 5.82 Å². The van der Waals surface area contributed by atoms with Gasteiger partial charge >= 0.3 is 5.97 Å². The molecule has 7 heteroatoms. The monoisotopic (exact) mass is 370 g/mol. The van der Waals surface area contributed by atoms with Crippen LogP contribution in [0.25, 0.3) is 11.3 Å². The molecule has 140 valence electrons. The normalized spacial score (nSPS) is 12.0. The average Bonchev–Trinajstić information content (AvgIpc) is 3.12. The fourth-order valence-electron chi connectivity index (χ4n) is 2.72. The van der Waals surface area contributed by atoms with Gasteiger partial charge in [-0.3, -0.25) is 0 Å². The lowest BCUT2D eigenvalue weighted by Crippen LogP contribution is -2.19. The van der Waals surface area contributed by atoms with Crippen molar-refractivity contribution >= 4 is 5.97 Å². The lowest BCUT2D eigenvalue weighted by atomic mass is 10.0. The molecule has 0 fully saturated rings. The van der Waals surface area contributed by atoms with Crippen molar-refractivity contribution in [1.82, 2.24) is 10.5 Å². The molecule has 2 N–H and O–H groups in total. The van der Waals surface area contributed by atoms with E-state index in [2.05, 4.69) is 10.5 Å². The van der Waals surface area contributed by atoms with Crippen LogP contribution in [-0.4, -0.2) is 23.3 Å². The number of halogens is 1. The minimum atomic E-state index is -1.15. The molecule has 0 spiro atoms. The number of rotatable bonds is 7. The van der Waals surface area contributed by atoms with Crippen molar-refractivity contribution < 1.29 is 23.6 Å². The van der Waals surface area contributed by atoms with Gasteiger partial charge in [0.1, 0.15) is 22.8 Å². The zero-order valence-electron chi connectivity index (χ0n) is 14.9. The van der Waals surface area contributed by atoms with Crippen LogP contribution in [0.2, 0.25) is 0 Å². The first-order valence-electron chi connectivity index (χ1n) is 8.34. The molecule has 0 saturated carbocycles. The van der Waals surface area contributed by atoms with Gasteiger partial charge in [0, 0.05) is 12.1 Å². The number of carbonyl (C=O) groups is 1. The van der Waals surface area contributed by atoms with Crippen molar-refractivity contribution in [3.05, 3.63) is 71.2 Å². The van der Waals surface area contributed by atoms with Crippen molar-refractivity contribution in [3.8, 4) is 17.0 Å². The number of nitrogens with one attached hydrogen (secondary N) is 1. The summed E-state index contributed by atoms with van der Waals surface area (Å²) in [6.45, 7) is 2.31. The lowest BCUT2D eigenvalue weighted by molar-refractivity contribution is 0.0694. The number of carboxylic acid groups (broad SMARTS) is 1. The van der Waals surface area contributed by atoms with E-state index in [1.54, 1.807) is 14.0 Å². The molecule has 2 aromatic carbocycles. The Morgan fingerprint density at radius 2 is 1.89 bits per heavy atom. The standard InChI is InChI=1S/C20H19FN2O4/c1-12(22-11-13-3-9-16(26-2)10-4-13)19-17(20(24)25)18(23-27-19)14-5-7-15(21)8-6-14/h3-10,12,22H,11H2,1-2H3,(H,24,25)/t12-/m1/s1. The van der Waals surface area contributed by atoms with Crippen LogP contribution >= 0.6 is 0 Å². The third kappa shape index (κ3) is 4.15. The molecular formula is C20H19FN2O4. The molecule has 0 aliphatic carbocycles. The Hall–Kier alpha value is -3.19. The van der Waals surface area contributed by atoms with E-state index in [0.717, 1.165) is 11.3 Å². The van der Waals surface area contributed by atoms with Gasteiger partial charge in [-0.1, -0.05) is 17.3 Å². The van der Waals surface area contributed by atoms with Crippen LogP contribution < -0.4 is 10.1 Å². The van der Waals surface area contributed by atoms with Crippen LogP contribution in [-0.2, 0) is 6.54 Å². The zero-order chi connectivity index (χ0) is 19.4. The molecular weight excluding hydrogens is 351 g/mol. The Morgan fingerprint density at radius 1 is 1.22 bits per heavy atom. The topological polar surface area (TPSA) is 84.6 Å². The van der Waals surface area contributed by atoms with Gasteiger partial charge in [0.15, 0.2) is 5.76 Å². The third-order valence-corrected chi connectivity index (χ3v) is 4.21. The van der Waals surface area contributed by atoms with Crippen LogP contribution in [0.15, 0.2) is 53.1 Å². The van der Waals surface area contributed by atoms with Crippen molar-refractivity contribution in [2.75, 3.05) is 7.11 Å². The van der Waals surface area contributed by atoms with E-state index in [1.807, 2.05) is 24.3 Å². The molecule has 0 aliphatic rings. The van der Waals surface area contributed by atoms with E-state index >= 15 is 0 Å². The summed E-state index contributed by atoms with van der Waals surface area (Å²) in [5, 5.41) is 16.8. The number of ether oxygens (including phenoxy) is 1. The van der Waals surface area contributed by atoms with Crippen LogP contribution in [0.3, 0.4) is 0 Å². The predicted molar refractivity (Wildman–Crippen MR) is 97.1 cm³/mol. The first-order chi connectivity index (χ1) is 13.0. The minimum absolute atomic E-state index is 0.0312. The maximum absolute atomic E-state index is 13.1. The fourth-order valence-corrected chi connectivity index (χ4v) is 2.72. The summed E-state index contributed by atoms with van der Waals surface area (Å²) < 4.78 is 23.6. The number of methoxy groups -OCH3 is 1. The van der Waals surface area contributed by atoms with Gasteiger partial charge in [-0.2, -0.15) is 0 Å². The quantitative estimate of drug-likeness (QED) is 0.653. The van der Waals surface area contributed by atoms with Gasteiger partial charge in [-0.15, -0.1) is 0 Å². The Balaban J connectivity index is 1.80. The largest absolute Gasteiger partial charge is 0.497 e. The fraction of sp³-hybridized carbons (Fsp3) is 0.200. The van der Waals surface area contributed by atoms with Gasteiger partial charge < -0.3 is 19.7 Å². The van der Waals surface area contributed by atoms with Crippen molar-refractivity contribution in [2.24, 2.45) is 0 Å². The van der Waals surface area contributed by atoms with Crippen molar-refractivity contribution in [2.45, 2.75) is 19.5 Å². The highest BCUT2D eigenvalue weighted by atomic mass is 19.1. The summed E-state index contributed by atoms with van der Waals surface area (Å²) in [5.74, 6) is -0.577. The number of nitrogens with zero attached hydrogens (tertiary/aromatic N) is 1. The van der Waals surface area contributed by atoms with E-state index in [0.29, 0.717) is 12.1 Å². The molecule has 0 saturated heterocycles. The Morgan fingerprint density at radius 3 is 2.48 bits per heavy atom. The first-order valence-corrected chi connectivity index (χ1v) is 8.34. The Kier molecular flexibility index (Phi) is 5.52. The van der Waals surface area contributed by atoms with Crippen LogP contribution in [0.1, 0.15) is 34.6 Å². The number of carboxylic acids is 1. The van der Waals surface area contributed by atoms with E-state index in [1.165, 1.54) is 24.3 Å². The molecule has 0 aliphatic heterocycles. The molecule has 3 aromatic rings. The summed E-state index contributed by atoms with van der Waals surface area (Å²) in [6, 6.07) is 12.6. The smallest absolute Gasteiger partial charge is 0.341 e. The second-order valence-corrected chi connectivity index (χ2v) is 6.03. The average molecular weight is 370 g/mol. The zero-order valence-corrected chi connectivity index (χ0v) is 14.9. The molecule has 0 unspecified atom stereocenters. The molecule has 1 atom stereocenters. The summed E-state index contributed by atoms with van der Waals surface area (Å²) in [6.07, 6.45) is 0. The van der Waals surface area contributed by atoms with Gasteiger partial charge in [0.25, 0.3) is 0 Å². The highest BCUT2D eigenvalue weighted by Gasteiger charge is 2.27. The summed E-state index contributed by atoms with van der Waals surface area (Å²) in [5.41, 5.74) is 1.64. The molecule has 1 heterocycles. The third-order valence-electron chi connectivity index (χ3n) is 4.21. The Labute approximate surface area is 155 Å². The highest BCUT2D eigenvalue weighted by molar-refractivity contribution is 5.95. The molecule has 0 radical (unpaired) electrons. The van der Waals surface area contributed by atoms with E-state index in [4.69, 9.17) is 9.26 Å². The molecule has 1 aromatic heterocycles. The maximum Gasteiger partial charge on any atom is 0.341 e. The van der Waals surface area contributed by atoms with E-state index < -0.39 is 11.8 Å². The van der Waals surface area contributed by atoms with Crippen molar-refractivity contribution in [1.29, 1.82) is 0 Å². The molecule has 3 rings (SSSR count). The van der Waals surface area contributed by atoms with Gasteiger partial charge in [0.2, 0.25) is 0 Å². The SMILES string of the molecule is COc1ccc(CN[C@H](C)c2onc(-c3ccc(F)cc3)c2C(=O)O)cc1. The second-order valence-electron chi connectivity index (χ2n) is 6.03. The van der Waals surface area contributed by atoms with Gasteiger partial charge in [-0.05, 0) is 48.9 Å². The lowest BCUT2D eigenvalue weighted by Gasteiger charge is -2.12. The maximum atomic E-state index is 13.1. The number of aromatic carboxylic acids is 1. The predicted octanol–water partition coefficient (Wildman–Crippen LogP) is 4.04. The molecule has 6 nitrogen and oxygen atoms in total. The summed E-state index contributed by atoms with van der Waals surface area (Å²) >= 11 is 0. The molecule has 0 bridgehead atoms. The Bertz CT molecular complexity index is 920. The first kappa shape index (κ1) is 18.6. The minimum Gasteiger partial charge on any atom is -0.497 e. The number of benzene rings is 2. The van der Waals surface area contributed by atoms with Gasteiger partial charge in [-0.25, -0.2) is 9.18 Å². The van der Waals surface area contributed by atoms with Crippen LogP contribution in [0.4, 0.5) is 4.39 Å². The summed E-state index contributed by atoms with van der Waals surface area (Å²) in [4.78, 5) is 11.8. The number of hydrogen-bond donors (Lipinski definition) is 2. The van der Waals surface area contributed by atoms with E-state index in [9.17, 15) is 14.3 Å². The van der Waals surface area contributed by atoms with Gasteiger partial charge in [0.05, 0.1) is 13.2 Å². The second kappa shape index (κ2) is 8.01. The number of aromatic nitrogens is 1. The van der Waals surface area contributed by atoms with E-state index in [-0.39, 0.29) is 23.1 Å². The highest BCUT2D eigenvalue weighted by Crippen LogP contribution is 2.29. The number of hydrogen-bond acceptors (Lipinski definition) is 5. The van der Waals surface area contributed by atoms with Crippen LogP contribution in [0.5, 0.6) is 5.75 Å². The molecule has 0 amide bonds. The summed E-state index contributed by atoms with van der Waals surface area (Å²) in [7, 11) is 1.60. The molecule has 27 heavy (non-hydrogen) atoms. The van der Waals surface area contributed by atoms with Crippen molar-refractivity contribution in [3.63, 3.8) is 0 Å².